The number of aromatic nitrogens is 2. The summed E-state index contributed by atoms with van der Waals surface area (Å²) in [6.45, 7) is 4.69. The molecule has 3 heteroatoms. The Morgan fingerprint density at radius 3 is 2.51 bits per heavy atom. The zero-order chi connectivity index (χ0) is 29.9. The molecule has 5 aromatic carbocycles. The van der Waals surface area contributed by atoms with E-state index in [1.54, 1.807) is 0 Å². The van der Waals surface area contributed by atoms with Gasteiger partial charge in [-0.2, -0.15) is 0 Å². The van der Waals surface area contributed by atoms with Crippen LogP contribution >= 0.6 is 0 Å². The van der Waals surface area contributed by atoms with Crippen molar-refractivity contribution < 1.29 is 4.42 Å². The molecule has 3 nitrogen and oxygen atoms in total. The van der Waals surface area contributed by atoms with Gasteiger partial charge in [0, 0.05) is 33.3 Å². The smallest absolute Gasteiger partial charge is 0.147 e. The Labute approximate surface area is 260 Å². The number of fused-ring (bicyclic) bond motifs is 11. The number of hydrogen-bond acceptors (Lipinski definition) is 2. The molecule has 0 unspecified atom stereocenters. The Balaban J connectivity index is 1.25. The predicted molar refractivity (Wildman–Crippen MR) is 186 cm³/mol. The number of pyridine rings is 1. The van der Waals surface area contributed by atoms with Gasteiger partial charge in [-0.3, -0.25) is 4.98 Å². The molecule has 0 amide bonds. The minimum Gasteiger partial charge on any atom is -0.455 e. The zero-order valence-electron chi connectivity index (χ0n) is 25.3. The summed E-state index contributed by atoms with van der Waals surface area (Å²) in [6.07, 6.45) is 6.26. The maximum Gasteiger partial charge on any atom is 0.147 e. The molecule has 2 aliphatic carbocycles. The highest BCUT2D eigenvalue weighted by molar-refractivity contribution is 6.23. The van der Waals surface area contributed by atoms with Gasteiger partial charge in [-0.1, -0.05) is 92.7 Å². The Kier molecular flexibility index (Phi) is 4.90. The van der Waals surface area contributed by atoms with Crippen molar-refractivity contribution in [1.29, 1.82) is 0 Å². The van der Waals surface area contributed by atoms with Crippen LogP contribution in [0.3, 0.4) is 0 Å². The Bertz CT molecular complexity index is 2680. The number of furan rings is 1. The van der Waals surface area contributed by atoms with Crippen molar-refractivity contribution in [2.24, 2.45) is 0 Å². The molecular formula is C42H30N2O. The van der Waals surface area contributed by atoms with Crippen LogP contribution in [0.25, 0.3) is 77.9 Å². The van der Waals surface area contributed by atoms with Crippen LogP contribution in [0.15, 0.2) is 120 Å². The van der Waals surface area contributed by atoms with Gasteiger partial charge in [0.1, 0.15) is 16.7 Å². The molecule has 10 rings (SSSR count). The lowest BCUT2D eigenvalue weighted by Gasteiger charge is -2.21. The highest BCUT2D eigenvalue weighted by atomic mass is 16.3. The lowest BCUT2D eigenvalue weighted by molar-refractivity contribution is 0.660. The second kappa shape index (κ2) is 8.83. The van der Waals surface area contributed by atoms with E-state index in [1.165, 1.54) is 49.5 Å². The zero-order valence-corrected chi connectivity index (χ0v) is 25.3. The van der Waals surface area contributed by atoms with Crippen molar-refractivity contribution in [3.8, 4) is 22.3 Å². The molecule has 0 aliphatic heterocycles. The summed E-state index contributed by atoms with van der Waals surface area (Å²) >= 11 is 0. The van der Waals surface area contributed by atoms with E-state index in [0.29, 0.717) is 0 Å². The molecule has 0 atom stereocenters. The van der Waals surface area contributed by atoms with Crippen LogP contribution in [0.1, 0.15) is 37.8 Å². The van der Waals surface area contributed by atoms with Gasteiger partial charge >= 0.3 is 0 Å². The van der Waals surface area contributed by atoms with Gasteiger partial charge < -0.3 is 8.98 Å². The molecule has 214 valence electrons. The summed E-state index contributed by atoms with van der Waals surface area (Å²) in [5.41, 5.74) is 14.5. The van der Waals surface area contributed by atoms with E-state index in [4.69, 9.17) is 9.40 Å². The summed E-state index contributed by atoms with van der Waals surface area (Å²) in [4.78, 5) is 4.93. The van der Waals surface area contributed by atoms with E-state index in [1.807, 2.05) is 18.3 Å². The minimum absolute atomic E-state index is 0.00345. The quantitative estimate of drug-likeness (QED) is 0.205. The molecule has 3 heterocycles. The Morgan fingerprint density at radius 1 is 0.711 bits per heavy atom. The summed E-state index contributed by atoms with van der Waals surface area (Å²) in [5, 5.41) is 5.95. The first kappa shape index (κ1) is 25.0. The van der Waals surface area contributed by atoms with E-state index in [2.05, 4.69) is 122 Å². The number of nitrogens with zero attached hydrogens (tertiary/aromatic N) is 2. The van der Waals surface area contributed by atoms with E-state index in [9.17, 15) is 0 Å². The van der Waals surface area contributed by atoms with Crippen LogP contribution in [-0.2, 0) is 5.41 Å². The number of hydrogen-bond donors (Lipinski definition) is 0. The first-order valence-corrected chi connectivity index (χ1v) is 15.9. The third-order valence-corrected chi connectivity index (χ3v) is 10.3. The largest absolute Gasteiger partial charge is 0.455 e. The number of rotatable bonds is 2. The SMILES string of the molecule is CC1(C)c2ccccc2-c2cc(-c3cccc4c3=CCCC=4n3c4cccnc4c4c5oc6ccccc6c5ccc43)ccc21. The van der Waals surface area contributed by atoms with Gasteiger partial charge in [0.2, 0.25) is 0 Å². The summed E-state index contributed by atoms with van der Waals surface area (Å²) in [5.74, 6) is 0. The van der Waals surface area contributed by atoms with Gasteiger partial charge in [0.15, 0.2) is 0 Å². The van der Waals surface area contributed by atoms with Gasteiger partial charge in [0.05, 0.1) is 16.4 Å². The number of para-hydroxylation sites is 1. The highest BCUT2D eigenvalue weighted by Gasteiger charge is 2.35. The number of benzene rings is 5. The van der Waals surface area contributed by atoms with E-state index in [0.717, 1.165) is 56.7 Å². The molecule has 0 N–H and O–H groups in total. The molecule has 8 aromatic rings. The second-order valence-corrected chi connectivity index (χ2v) is 13.0. The van der Waals surface area contributed by atoms with Gasteiger partial charge in [0.25, 0.3) is 0 Å². The standard InChI is InChI=1S/C42H30N2O/c1-42(2)33-15-5-3-10-28(33)32-24-25(19-21-34(32)42)26-12-7-14-29-27(26)13-8-16-35(29)44-36-22-20-31-30-11-4-6-18-38(30)45-41(31)39(36)40-37(44)17-9-23-43-40/h3-7,9-15,17-24H,8,16H2,1-2H3. The molecular weight excluding hydrogens is 548 g/mol. The fraction of sp³-hybridized carbons (Fsp3) is 0.119. The van der Waals surface area contributed by atoms with E-state index in [-0.39, 0.29) is 5.41 Å². The van der Waals surface area contributed by atoms with Gasteiger partial charge in [-0.25, -0.2) is 0 Å². The third kappa shape index (κ3) is 3.28. The summed E-state index contributed by atoms with van der Waals surface area (Å²) in [6, 6.07) is 39.8. The molecule has 0 saturated carbocycles. The van der Waals surface area contributed by atoms with Crippen LogP contribution in [0, 0.1) is 0 Å². The first-order chi connectivity index (χ1) is 22.1. The van der Waals surface area contributed by atoms with Crippen molar-refractivity contribution in [2.75, 3.05) is 0 Å². The molecule has 0 saturated heterocycles. The first-order valence-electron chi connectivity index (χ1n) is 15.9. The van der Waals surface area contributed by atoms with Crippen LogP contribution in [0.2, 0.25) is 0 Å². The maximum absolute atomic E-state index is 6.53. The van der Waals surface area contributed by atoms with Crippen molar-refractivity contribution in [1.82, 2.24) is 9.55 Å². The topological polar surface area (TPSA) is 31.0 Å². The van der Waals surface area contributed by atoms with Gasteiger partial charge in [-0.15, -0.1) is 0 Å². The Morgan fingerprint density at radius 2 is 1.56 bits per heavy atom. The van der Waals surface area contributed by atoms with Crippen molar-refractivity contribution >= 4 is 55.6 Å². The average molecular weight is 579 g/mol. The van der Waals surface area contributed by atoms with Crippen molar-refractivity contribution in [3.05, 3.63) is 137 Å². The summed E-state index contributed by atoms with van der Waals surface area (Å²) < 4.78 is 8.97. The highest BCUT2D eigenvalue weighted by Crippen LogP contribution is 2.49. The van der Waals surface area contributed by atoms with Crippen LogP contribution in [-0.4, -0.2) is 9.55 Å². The van der Waals surface area contributed by atoms with Crippen LogP contribution < -0.4 is 10.4 Å². The monoisotopic (exact) mass is 578 g/mol. The fourth-order valence-electron chi connectivity index (χ4n) is 8.28. The maximum atomic E-state index is 6.53. The van der Waals surface area contributed by atoms with Crippen molar-refractivity contribution in [3.63, 3.8) is 0 Å². The molecule has 2 aliphatic rings. The normalized spacial score (nSPS) is 15.0. The lowest BCUT2D eigenvalue weighted by Crippen LogP contribution is -2.33. The summed E-state index contributed by atoms with van der Waals surface area (Å²) in [7, 11) is 0. The fourth-order valence-corrected chi connectivity index (χ4v) is 8.28. The Hall–Kier alpha value is -5.41. The van der Waals surface area contributed by atoms with Gasteiger partial charge in [-0.05, 0) is 87.8 Å². The lowest BCUT2D eigenvalue weighted by atomic mass is 9.82. The molecule has 45 heavy (non-hydrogen) atoms. The molecule has 0 spiro atoms. The van der Waals surface area contributed by atoms with E-state index >= 15 is 0 Å². The van der Waals surface area contributed by atoms with Crippen LogP contribution in [0.4, 0.5) is 0 Å². The minimum atomic E-state index is 0.00345. The molecule has 0 radical (unpaired) electrons. The van der Waals surface area contributed by atoms with Crippen molar-refractivity contribution in [2.45, 2.75) is 32.1 Å². The molecule has 0 fully saturated rings. The van der Waals surface area contributed by atoms with E-state index < -0.39 is 0 Å². The average Bonchev–Trinajstić information content (AvgIpc) is 3.70. The third-order valence-electron chi connectivity index (χ3n) is 10.3. The predicted octanol–water partition coefficient (Wildman–Crippen LogP) is 9.29. The molecule has 3 aromatic heterocycles. The van der Waals surface area contributed by atoms with Crippen LogP contribution in [0.5, 0.6) is 0 Å². The molecule has 0 bridgehead atoms. The second-order valence-electron chi connectivity index (χ2n) is 13.0.